The Labute approximate surface area is 229 Å². The van der Waals surface area contributed by atoms with Crippen LogP contribution in [0, 0.1) is 5.92 Å². The number of hydrogen-bond donors (Lipinski definition) is 1. The normalized spacial score (nSPS) is 22.0. The summed E-state index contributed by atoms with van der Waals surface area (Å²) >= 11 is 12.4. The smallest absolute Gasteiger partial charge is 0.367 e. The zero-order chi connectivity index (χ0) is 27.8. The number of likely N-dealkylation sites (tertiary alicyclic amines) is 1. The van der Waals surface area contributed by atoms with Crippen LogP contribution in [0.25, 0.3) is 0 Å². The van der Waals surface area contributed by atoms with E-state index in [0.29, 0.717) is 29.0 Å². The molecule has 2 fully saturated rings. The van der Waals surface area contributed by atoms with Crippen molar-refractivity contribution in [1.82, 2.24) is 19.1 Å². The number of rotatable bonds is 5. The van der Waals surface area contributed by atoms with Crippen molar-refractivity contribution < 1.29 is 26.4 Å². The standard InChI is InChI=1S/C24H28Cl2F3N5O3S/c1-15(31-22-6-4-17(12-30-22)24(27,28)29)18-13-33(14-19(18)16-3-5-20(25)21(26)11-16)23(35)32-7-9-34(10-8-32)38(2,36)37/h3-6,11-12,15,18-19H,7-10,13-14H2,1-2H3,(H,30,31)/t15-,18-,19-/m1/s1. The van der Waals surface area contributed by atoms with Gasteiger partial charge in [-0.2, -0.15) is 17.5 Å². The molecule has 2 aliphatic heterocycles. The van der Waals surface area contributed by atoms with E-state index in [4.69, 9.17) is 23.2 Å². The number of halogens is 5. The molecule has 38 heavy (non-hydrogen) atoms. The molecule has 208 valence electrons. The van der Waals surface area contributed by atoms with Crippen LogP contribution in [0.15, 0.2) is 36.5 Å². The molecule has 14 heteroatoms. The van der Waals surface area contributed by atoms with Crippen molar-refractivity contribution in [3.8, 4) is 0 Å². The molecule has 2 saturated heterocycles. The molecule has 2 aromatic rings. The summed E-state index contributed by atoms with van der Waals surface area (Å²) in [6.07, 6.45) is -2.54. The Morgan fingerprint density at radius 3 is 2.29 bits per heavy atom. The molecule has 0 unspecified atom stereocenters. The first-order valence-electron chi connectivity index (χ1n) is 12.0. The van der Waals surface area contributed by atoms with Crippen LogP contribution in [0.4, 0.5) is 23.8 Å². The van der Waals surface area contributed by atoms with Crippen LogP contribution in [0.5, 0.6) is 0 Å². The SMILES string of the molecule is C[C@@H](Nc1ccc(C(F)(F)F)cn1)[C@H]1CN(C(=O)N2CCN(S(C)(=O)=O)CC2)C[C@@H]1c1ccc(Cl)c(Cl)c1. The van der Waals surface area contributed by atoms with Crippen LogP contribution < -0.4 is 5.32 Å². The Balaban J connectivity index is 1.52. The third kappa shape index (κ3) is 6.47. The van der Waals surface area contributed by atoms with Crippen molar-refractivity contribution in [3.05, 3.63) is 57.7 Å². The number of carbonyl (C=O) groups excluding carboxylic acids is 1. The second-order valence-electron chi connectivity index (χ2n) is 9.64. The molecule has 2 aliphatic rings. The fourth-order valence-electron chi connectivity index (χ4n) is 4.99. The lowest BCUT2D eigenvalue weighted by Crippen LogP contribution is -2.53. The number of amides is 2. The van der Waals surface area contributed by atoms with Crippen LogP contribution in [-0.2, 0) is 16.2 Å². The molecule has 1 N–H and O–H groups in total. The van der Waals surface area contributed by atoms with Gasteiger partial charge in [-0.05, 0) is 36.8 Å². The minimum atomic E-state index is -4.48. The zero-order valence-corrected chi connectivity index (χ0v) is 23.1. The quantitative estimate of drug-likeness (QED) is 0.547. The van der Waals surface area contributed by atoms with Gasteiger partial charge in [0.25, 0.3) is 0 Å². The second-order valence-corrected chi connectivity index (χ2v) is 12.4. The molecule has 8 nitrogen and oxygen atoms in total. The molecule has 2 amide bonds. The van der Waals surface area contributed by atoms with E-state index in [1.807, 2.05) is 13.0 Å². The van der Waals surface area contributed by atoms with Gasteiger partial charge in [0.15, 0.2) is 0 Å². The lowest BCUT2D eigenvalue weighted by Gasteiger charge is -2.35. The minimum Gasteiger partial charge on any atom is -0.367 e. The number of nitrogens with one attached hydrogen (secondary N) is 1. The summed E-state index contributed by atoms with van der Waals surface area (Å²) < 4.78 is 63.8. The highest BCUT2D eigenvalue weighted by Crippen LogP contribution is 2.38. The maximum absolute atomic E-state index is 13.4. The van der Waals surface area contributed by atoms with Gasteiger partial charge >= 0.3 is 12.2 Å². The lowest BCUT2D eigenvalue weighted by atomic mass is 9.84. The third-order valence-corrected chi connectivity index (χ3v) is 9.14. The highest BCUT2D eigenvalue weighted by atomic mass is 35.5. The zero-order valence-electron chi connectivity index (χ0n) is 20.8. The summed E-state index contributed by atoms with van der Waals surface area (Å²) in [4.78, 5) is 20.7. The van der Waals surface area contributed by atoms with Gasteiger partial charge in [-0.25, -0.2) is 18.2 Å². The van der Waals surface area contributed by atoms with Crippen molar-refractivity contribution in [1.29, 1.82) is 0 Å². The van der Waals surface area contributed by atoms with Crippen LogP contribution in [0.1, 0.15) is 24.0 Å². The summed E-state index contributed by atoms with van der Waals surface area (Å²) in [6.45, 7) is 3.70. The number of sulfonamides is 1. The largest absolute Gasteiger partial charge is 0.417 e. The number of benzene rings is 1. The Hall–Kier alpha value is -2.28. The maximum atomic E-state index is 13.4. The second kappa shape index (κ2) is 11.1. The van der Waals surface area contributed by atoms with Crippen molar-refractivity contribution in [2.45, 2.75) is 25.1 Å². The van der Waals surface area contributed by atoms with Gasteiger partial charge in [0.1, 0.15) is 5.82 Å². The minimum absolute atomic E-state index is 0.127. The number of hydrogen-bond acceptors (Lipinski definition) is 5. The topological polar surface area (TPSA) is 85.8 Å². The number of nitrogens with zero attached hydrogens (tertiary/aromatic N) is 4. The molecule has 1 aromatic carbocycles. The first kappa shape index (κ1) is 28.7. The Morgan fingerprint density at radius 1 is 1.05 bits per heavy atom. The molecule has 3 atom stereocenters. The molecule has 3 heterocycles. The molecular formula is C24H28Cl2F3N5O3S. The van der Waals surface area contributed by atoms with Crippen molar-refractivity contribution in [2.75, 3.05) is 50.8 Å². The third-order valence-electron chi connectivity index (χ3n) is 7.09. The van der Waals surface area contributed by atoms with Gasteiger partial charge in [-0.15, -0.1) is 0 Å². The first-order chi connectivity index (χ1) is 17.7. The summed E-state index contributed by atoms with van der Waals surface area (Å²) in [5.41, 5.74) is 0.0496. The molecule has 0 saturated carbocycles. The molecule has 0 bridgehead atoms. The number of piperazine rings is 1. The molecular weight excluding hydrogens is 566 g/mol. The van der Waals surface area contributed by atoms with Crippen molar-refractivity contribution in [2.24, 2.45) is 5.92 Å². The monoisotopic (exact) mass is 593 g/mol. The molecule has 4 rings (SSSR count). The summed E-state index contributed by atoms with van der Waals surface area (Å²) in [6, 6.07) is 7.12. The summed E-state index contributed by atoms with van der Waals surface area (Å²) in [7, 11) is -3.33. The predicted octanol–water partition coefficient (Wildman–Crippen LogP) is 4.62. The Kier molecular flexibility index (Phi) is 8.37. The number of pyridine rings is 1. The fraction of sp³-hybridized carbons (Fsp3) is 0.500. The fourth-order valence-corrected chi connectivity index (χ4v) is 6.12. The van der Waals surface area contributed by atoms with Crippen LogP contribution in [0.3, 0.4) is 0 Å². The highest BCUT2D eigenvalue weighted by Gasteiger charge is 2.41. The van der Waals surface area contributed by atoms with E-state index in [0.717, 1.165) is 24.1 Å². The molecule has 1 aromatic heterocycles. The lowest BCUT2D eigenvalue weighted by molar-refractivity contribution is -0.137. The van der Waals surface area contributed by atoms with Crippen molar-refractivity contribution >= 4 is 45.1 Å². The maximum Gasteiger partial charge on any atom is 0.417 e. The van der Waals surface area contributed by atoms with E-state index in [9.17, 15) is 26.4 Å². The van der Waals surface area contributed by atoms with E-state index in [1.165, 1.54) is 10.4 Å². The van der Waals surface area contributed by atoms with Gasteiger partial charge in [0.05, 0.1) is 21.9 Å². The van der Waals surface area contributed by atoms with E-state index in [-0.39, 0.29) is 50.1 Å². The van der Waals surface area contributed by atoms with E-state index >= 15 is 0 Å². The van der Waals surface area contributed by atoms with E-state index in [2.05, 4.69) is 10.3 Å². The molecule has 0 spiro atoms. The van der Waals surface area contributed by atoms with E-state index < -0.39 is 21.8 Å². The number of carbonyl (C=O) groups is 1. The Bertz CT molecular complexity index is 1270. The average molecular weight is 594 g/mol. The van der Waals surface area contributed by atoms with Crippen molar-refractivity contribution in [3.63, 3.8) is 0 Å². The van der Waals surface area contributed by atoms with Gasteiger partial charge in [0.2, 0.25) is 10.0 Å². The van der Waals surface area contributed by atoms with Gasteiger partial charge < -0.3 is 15.1 Å². The summed E-state index contributed by atoms with van der Waals surface area (Å²) in [5, 5.41) is 3.98. The van der Waals surface area contributed by atoms with E-state index in [1.54, 1.807) is 21.9 Å². The van der Waals surface area contributed by atoms with Gasteiger partial charge in [-0.3, -0.25) is 0 Å². The number of urea groups is 1. The predicted molar refractivity (Wildman–Crippen MR) is 140 cm³/mol. The van der Waals surface area contributed by atoms with Crippen LogP contribution in [0.2, 0.25) is 10.0 Å². The number of anilines is 1. The number of alkyl halides is 3. The highest BCUT2D eigenvalue weighted by molar-refractivity contribution is 7.88. The van der Waals surface area contributed by atoms with Gasteiger partial charge in [0, 0.05) is 63.3 Å². The van der Waals surface area contributed by atoms with Crippen LogP contribution >= 0.6 is 23.2 Å². The molecule has 0 radical (unpaired) electrons. The number of aromatic nitrogens is 1. The van der Waals surface area contributed by atoms with Crippen LogP contribution in [-0.4, -0.2) is 85.1 Å². The molecule has 0 aliphatic carbocycles. The Morgan fingerprint density at radius 2 is 1.74 bits per heavy atom. The van der Waals surface area contributed by atoms with Gasteiger partial charge in [-0.1, -0.05) is 29.3 Å². The average Bonchev–Trinajstić information content (AvgIpc) is 3.30. The summed E-state index contributed by atoms with van der Waals surface area (Å²) in [5.74, 6) is 0.0284. The first-order valence-corrected chi connectivity index (χ1v) is 14.6.